The van der Waals surface area contributed by atoms with Crippen molar-refractivity contribution in [1.29, 1.82) is 0 Å². The lowest BCUT2D eigenvalue weighted by atomic mass is 10.1. The molecule has 2 rings (SSSR count). The van der Waals surface area contributed by atoms with Crippen molar-refractivity contribution in [2.24, 2.45) is 0 Å². The summed E-state index contributed by atoms with van der Waals surface area (Å²) >= 11 is 1.50. The maximum atomic E-state index is 12.8. The molecule has 2 aromatic carbocycles. The summed E-state index contributed by atoms with van der Waals surface area (Å²) in [6.45, 7) is 1.46. The lowest BCUT2D eigenvalue weighted by molar-refractivity contribution is -0.114. The van der Waals surface area contributed by atoms with Gasteiger partial charge in [-0.15, -0.1) is 11.8 Å². The molecule has 0 saturated heterocycles. The number of carbonyl (C=O) groups excluding carboxylic acids is 1. The first-order chi connectivity index (χ1) is 10.0. The van der Waals surface area contributed by atoms with Gasteiger partial charge in [-0.25, -0.2) is 4.39 Å². The molecule has 1 amide bonds. The zero-order valence-corrected chi connectivity index (χ0v) is 12.4. The third-order valence-electron chi connectivity index (χ3n) is 2.84. The molecule has 0 saturated carbocycles. The molecule has 110 valence electrons. The molecule has 0 fully saturated rings. The highest BCUT2D eigenvalue weighted by molar-refractivity contribution is 7.99. The smallest absolute Gasteiger partial charge is 0.221 e. The Hall–Kier alpha value is -1.85. The number of carbonyl (C=O) groups is 1. The first-order valence-corrected chi connectivity index (χ1v) is 7.47. The molecule has 1 unspecified atom stereocenters. The lowest BCUT2D eigenvalue weighted by Crippen LogP contribution is -2.05. The van der Waals surface area contributed by atoms with Crippen LogP contribution < -0.4 is 5.32 Å². The summed E-state index contributed by atoms with van der Waals surface area (Å²) in [5.74, 6) is 0.0554. The van der Waals surface area contributed by atoms with Crippen LogP contribution in [0.25, 0.3) is 0 Å². The topological polar surface area (TPSA) is 49.3 Å². The van der Waals surface area contributed by atoms with Gasteiger partial charge in [0.2, 0.25) is 5.91 Å². The van der Waals surface area contributed by atoms with Crippen molar-refractivity contribution in [2.75, 3.05) is 11.1 Å². The van der Waals surface area contributed by atoms with Gasteiger partial charge in [0.25, 0.3) is 0 Å². The average molecular weight is 305 g/mol. The van der Waals surface area contributed by atoms with Crippen molar-refractivity contribution in [3.63, 3.8) is 0 Å². The highest BCUT2D eigenvalue weighted by Gasteiger charge is 2.08. The number of hydrogen-bond acceptors (Lipinski definition) is 3. The van der Waals surface area contributed by atoms with Crippen LogP contribution in [0.1, 0.15) is 18.6 Å². The maximum absolute atomic E-state index is 12.8. The number of anilines is 1. The molecule has 2 aromatic rings. The number of halogens is 1. The average Bonchev–Trinajstić information content (AvgIpc) is 2.46. The van der Waals surface area contributed by atoms with Gasteiger partial charge < -0.3 is 10.4 Å². The second-order valence-electron chi connectivity index (χ2n) is 4.58. The predicted octanol–water partition coefficient (Wildman–Crippen LogP) is 3.61. The summed E-state index contributed by atoms with van der Waals surface area (Å²) in [5, 5.41) is 12.7. The minimum Gasteiger partial charge on any atom is -0.388 e. The van der Waals surface area contributed by atoms with Gasteiger partial charge in [-0.2, -0.15) is 0 Å². The van der Waals surface area contributed by atoms with Gasteiger partial charge in [0.15, 0.2) is 0 Å². The second kappa shape index (κ2) is 7.24. The van der Waals surface area contributed by atoms with Crippen LogP contribution in [0.3, 0.4) is 0 Å². The van der Waals surface area contributed by atoms with Crippen molar-refractivity contribution in [3.8, 4) is 0 Å². The van der Waals surface area contributed by atoms with Crippen molar-refractivity contribution < 1.29 is 14.3 Å². The van der Waals surface area contributed by atoms with Crippen molar-refractivity contribution in [2.45, 2.75) is 17.9 Å². The maximum Gasteiger partial charge on any atom is 0.221 e. The van der Waals surface area contributed by atoms with Crippen LogP contribution in [0.5, 0.6) is 0 Å². The molecule has 3 nitrogen and oxygen atoms in total. The summed E-state index contributed by atoms with van der Waals surface area (Å²) in [6.07, 6.45) is -0.648. The highest BCUT2D eigenvalue weighted by atomic mass is 32.2. The predicted molar refractivity (Wildman–Crippen MR) is 82.8 cm³/mol. The van der Waals surface area contributed by atoms with E-state index in [1.165, 1.54) is 30.8 Å². The molecule has 5 heteroatoms. The molecule has 0 spiro atoms. The quantitative estimate of drug-likeness (QED) is 0.830. The van der Waals surface area contributed by atoms with E-state index in [0.29, 0.717) is 11.3 Å². The molecule has 0 aliphatic heterocycles. The molecule has 0 heterocycles. The fourth-order valence-corrected chi connectivity index (χ4v) is 2.67. The Morgan fingerprint density at radius 3 is 2.38 bits per heavy atom. The number of aliphatic hydroxyl groups excluding tert-OH is 1. The first-order valence-electron chi connectivity index (χ1n) is 6.48. The molecule has 0 radical (unpaired) electrons. The van der Waals surface area contributed by atoms with E-state index in [4.69, 9.17) is 0 Å². The molecular weight excluding hydrogens is 289 g/mol. The van der Waals surface area contributed by atoms with E-state index in [2.05, 4.69) is 5.32 Å². The molecule has 1 atom stereocenters. The van der Waals surface area contributed by atoms with E-state index in [0.717, 1.165) is 10.6 Å². The number of amides is 1. The van der Waals surface area contributed by atoms with Crippen LogP contribution in [0, 0.1) is 5.82 Å². The van der Waals surface area contributed by atoms with Crippen LogP contribution in [-0.4, -0.2) is 16.8 Å². The van der Waals surface area contributed by atoms with E-state index < -0.39 is 6.10 Å². The Morgan fingerprint density at radius 1 is 1.19 bits per heavy atom. The van der Waals surface area contributed by atoms with Gasteiger partial charge in [-0.05, 0) is 42.0 Å². The fourth-order valence-electron chi connectivity index (χ4n) is 1.79. The summed E-state index contributed by atoms with van der Waals surface area (Å²) < 4.78 is 12.8. The van der Waals surface area contributed by atoms with Crippen molar-refractivity contribution >= 4 is 23.4 Å². The summed E-state index contributed by atoms with van der Waals surface area (Å²) in [5.41, 5.74) is 1.43. The third-order valence-corrected chi connectivity index (χ3v) is 3.93. The number of hydrogen-bond donors (Lipinski definition) is 2. The second-order valence-corrected chi connectivity index (χ2v) is 5.68. The number of benzene rings is 2. The van der Waals surface area contributed by atoms with Gasteiger partial charge in [0.05, 0.1) is 6.10 Å². The van der Waals surface area contributed by atoms with E-state index in [-0.39, 0.29) is 11.7 Å². The third kappa shape index (κ3) is 4.88. The van der Waals surface area contributed by atoms with Gasteiger partial charge in [0.1, 0.15) is 5.82 Å². The van der Waals surface area contributed by atoms with E-state index in [1.54, 1.807) is 12.1 Å². The Labute approximate surface area is 127 Å². The number of aliphatic hydroxyl groups is 1. The Bertz CT molecular complexity index is 599. The first kappa shape index (κ1) is 15.5. The molecule has 21 heavy (non-hydrogen) atoms. The molecule has 0 aliphatic carbocycles. The summed E-state index contributed by atoms with van der Waals surface area (Å²) in [4.78, 5) is 11.9. The van der Waals surface area contributed by atoms with E-state index in [9.17, 15) is 14.3 Å². The molecule has 0 bridgehead atoms. The monoisotopic (exact) mass is 305 g/mol. The minimum absolute atomic E-state index is 0.109. The zero-order chi connectivity index (χ0) is 15.2. The number of thioether (sulfide) groups is 1. The molecule has 0 aliphatic rings. The fraction of sp³-hybridized carbons (Fsp3) is 0.188. The van der Waals surface area contributed by atoms with Crippen molar-refractivity contribution in [3.05, 3.63) is 59.9 Å². The summed E-state index contributed by atoms with van der Waals surface area (Å²) in [6, 6.07) is 13.2. The number of rotatable bonds is 5. The van der Waals surface area contributed by atoms with E-state index in [1.807, 2.05) is 24.3 Å². The largest absolute Gasteiger partial charge is 0.388 e. The normalized spacial score (nSPS) is 12.0. The lowest BCUT2D eigenvalue weighted by Gasteiger charge is -2.11. The van der Waals surface area contributed by atoms with Crippen molar-refractivity contribution in [1.82, 2.24) is 0 Å². The Balaban J connectivity index is 1.90. The Morgan fingerprint density at radius 2 is 1.81 bits per heavy atom. The molecule has 2 N–H and O–H groups in total. The van der Waals surface area contributed by atoms with Gasteiger partial charge in [-0.3, -0.25) is 4.79 Å². The van der Waals surface area contributed by atoms with Crippen LogP contribution >= 0.6 is 11.8 Å². The van der Waals surface area contributed by atoms with Crippen LogP contribution in [0.4, 0.5) is 10.1 Å². The van der Waals surface area contributed by atoms with Gasteiger partial charge in [0, 0.05) is 23.3 Å². The Kier molecular flexibility index (Phi) is 5.36. The van der Waals surface area contributed by atoms with Gasteiger partial charge >= 0.3 is 0 Å². The standard InChI is InChI=1S/C16H16FNO2S/c1-11(19)18-14-6-8-15(9-7-14)21-10-16(20)12-2-4-13(17)5-3-12/h2-9,16,20H,10H2,1H3,(H,18,19). The molecule has 0 aromatic heterocycles. The zero-order valence-electron chi connectivity index (χ0n) is 11.5. The van der Waals surface area contributed by atoms with E-state index >= 15 is 0 Å². The van der Waals surface area contributed by atoms with Crippen LogP contribution in [0.2, 0.25) is 0 Å². The minimum atomic E-state index is -0.648. The summed E-state index contributed by atoms with van der Waals surface area (Å²) in [7, 11) is 0. The molecular formula is C16H16FNO2S. The van der Waals surface area contributed by atoms with Crippen LogP contribution in [0.15, 0.2) is 53.4 Å². The SMILES string of the molecule is CC(=O)Nc1ccc(SCC(O)c2ccc(F)cc2)cc1. The van der Waals surface area contributed by atoms with Crippen LogP contribution in [-0.2, 0) is 4.79 Å². The van der Waals surface area contributed by atoms with Gasteiger partial charge in [-0.1, -0.05) is 12.1 Å². The number of nitrogens with one attached hydrogen (secondary N) is 1. The highest BCUT2D eigenvalue weighted by Crippen LogP contribution is 2.26.